The lowest BCUT2D eigenvalue weighted by molar-refractivity contribution is -0.121. The molecule has 0 atom stereocenters. The van der Waals surface area contributed by atoms with Gasteiger partial charge in [-0.1, -0.05) is 24.3 Å². The molecule has 2 aromatic rings. The zero-order chi connectivity index (χ0) is 17.3. The Morgan fingerprint density at radius 1 is 0.875 bits per heavy atom. The Kier molecular flexibility index (Phi) is 3.95. The fraction of sp³-hybridized carbons (Fsp3) is 0.111. The number of aliphatic hydroxyl groups excluding tert-OH is 1. The van der Waals surface area contributed by atoms with Gasteiger partial charge in [-0.3, -0.25) is 9.59 Å². The standard InChI is InChI=1S/C18H15NO5/c1-23-12-9-7-11(8-10-12)15-16(20)18(22)19(17(15)21)13-5-3-4-6-14(13)24-2/h3-10,20H,1-2H3. The van der Waals surface area contributed by atoms with Gasteiger partial charge in [0.15, 0.2) is 5.76 Å². The van der Waals surface area contributed by atoms with Gasteiger partial charge < -0.3 is 14.6 Å². The van der Waals surface area contributed by atoms with Crippen LogP contribution in [0.3, 0.4) is 0 Å². The van der Waals surface area contributed by atoms with Crippen molar-refractivity contribution in [3.8, 4) is 11.5 Å². The van der Waals surface area contributed by atoms with Crippen LogP contribution in [0, 0.1) is 0 Å². The van der Waals surface area contributed by atoms with Crippen LogP contribution >= 0.6 is 0 Å². The van der Waals surface area contributed by atoms with Gasteiger partial charge in [0.05, 0.1) is 25.5 Å². The van der Waals surface area contributed by atoms with Crippen molar-refractivity contribution in [2.24, 2.45) is 0 Å². The zero-order valence-electron chi connectivity index (χ0n) is 13.1. The minimum atomic E-state index is -0.782. The van der Waals surface area contributed by atoms with Crippen LogP contribution in [0.4, 0.5) is 5.69 Å². The molecular formula is C18H15NO5. The fourth-order valence-corrected chi connectivity index (χ4v) is 2.57. The molecule has 6 nitrogen and oxygen atoms in total. The first-order valence-electron chi connectivity index (χ1n) is 7.18. The normalized spacial score (nSPS) is 14.3. The van der Waals surface area contributed by atoms with Crippen molar-refractivity contribution in [1.29, 1.82) is 0 Å². The molecule has 0 radical (unpaired) electrons. The quantitative estimate of drug-likeness (QED) is 0.874. The number of hydrogen-bond acceptors (Lipinski definition) is 5. The van der Waals surface area contributed by atoms with Crippen LogP contribution in [0.5, 0.6) is 11.5 Å². The fourth-order valence-electron chi connectivity index (χ4n) is 2.57. The summed E-state index contributed by atoms with van der Waals surface area (Å²) in [4.78, 5) is 26.1. The summed E-state index contributed by atoms with van der Waals surface area (Å²) in [5.74, 6) is -1.00. The molecule has 1 aliphatic heterocycles. The Balaban J connectivity index is 2.04. The van der Waals surface area contributed by atoms with E-state index in [0.717, 1.165) is 4.90 Å². The molecule has 1 N–H and O–H groups in total. The van der Waals surface area contributed by atoms with Crippen LogP contribution in [0.25, 0.3) is 5.57 Å². The number of carbonyl (C=O) groups excluding carboxylic acids is 2. The average Bonchev–Trinajstić information content (AvgIpc) is 2.84. The predicted octanol–water partition coefficient (Wildman–Crippen LogP) is 2.55. The lowest BCUT2D eigenvalue weighted by Gasteiger charge is -2.17. The van der Waals surface area contributed by atoms with Crippen LogP contribution in [0.15, 0.2) is 54.3 Å². The Hall–Kier alpha value is -3.28. The van der Waals surface area contributed by atoms with Crippen LogP contribution in [0.2, 0.25) is 0 Å². The van der Waals surface area contributed by atoms with Gasteiger partial charge in [0.25, 0.3) is 5.91 Å². The lowest BCUT2D eigenvalue weighted by atomic mass is 10.1. The van der Waals surface area contributed by atoms with E-state index in [1.807, 2.05) is 0 Å². The number of methoxy groups -OCH3 is 2. The van der Waals surface area contributed by atoms with Gasteiger partial charge in [-0.05, 0) is 29.8 Å². The van der Waals surface area contributed by atoms with Gasteiger partial charge in [0.2, 0.25) is 0 Å². The first kappa shape index (κ1) is 15.6. The molecule has 6 heteroatoms. The second kappa shape index (κ2) is 6.08. The smallest absolute Gasteiger partial charge is 0.301 e. The Morgan fingerprint density at radius 3 is 2.17 bits per heavy atom. The van der Waals surface area contributed by atoms with E-state index >= 15 is 0 Å². The second-order valence-electron chi connectivity index (χ2n) is 5.07. The lowest BCUT2D eigenvalue weighted by Crippen LogP contribution is -2.31. The molecule has 1 heterocycles. The number of rotatable bonds is 4. The Morgan fingerprint density at radius 2 is 1.54 bits per heavy atom. The van der Waals surface area contributed by atoms with Gasteiger partial charge >= 0.3 is 5.91 Å². The number of ether oxygens (including phenoxy) is 2. The first-order valence-corrected chi connectivity index (χ1v) is 7.18. The highest BCUT2D eigenvalue weighted by Crippen LogP contribution is 2.36. The molecule has 122 valence electrons. The molecular weight excluding hydrogens is 310 g/mol. The number of anilines is 1. The summed E-state index contributed by atoms with van der Waals surface area (Å²) in [6, 6.07) is 13.2. The van der Waals surface area contributed by atoms with Crippen molar-refractivity contribution >= 4 is 23.1 Å². The van der Waals surface area contributed by atoms with E-state index in [1.54, 1.807) is 48.5 Å². The van der Waals surface area contributed by atoms with Gasteiger partial charge in [-0.2, -0.15) is 0 Å². The third kappa shape index (κ3) is 2.38. The van der Waals surface area contributed by atoms with E-state index in [2.05, 4.69) is 0 Å². The third-order valence-electron chi connectivity index (χ3n) is 3.76. The zero-order valence-corrected chi connectivity index (χ0v) is 13.1. The highest BCUT2D eigenvalue weighted by molar-refractivity contribution is 6.45. The van der Waals surface area contributed by atoms with Crippen molar-refractivity contribution in [2.45, 2.75) is 0 Å². The van der Waals surface area contributed by atoms with E-state index in [1.165, 1.54) is 14.2 Å². The molecule has 2 aromatic carbocycles. The van der Waals surface area contributed by atoms with E-state index < -0.39 is 17.6 Å². The van der Waals surface area contributed by atoms with E-state index in [-0.39, 0.29) is 11.3 Å². The molecule has 0 aliphatic carbocycles. The first-order chi connectivity index (χ1) is 11.6. The highest BCUT2D eigenvalue weighted by atomic mass is 16.5. The maximum atomic E-state index is 12.8. The number of carbonyl (C=O) groups is 2. The molecule has 24 heavy (non-hydrogen) atoms. The summed E-state index contributed by atoms with van der Waals surface area (Å²) < 4.78 is 10.3. The predicted molar refractivity (Wildman–Crippen MR) is 88.0 cm³/mol. The summed E-state index contributed by atoms with van der Waals surface area (Å²) in [5, 5.41) is 10.2. The van der Waals surface area contributed by atoms with Gasteiger partial charge in [0.1, 0.15) is 11.5 Å². The van der Waals surface area contributed by atoms with Gasteiger partial charge in [-0.25, -0.2) is 4.90 Å². The van der Waals surface area contributed by atoms with Crippen molar-refractivity contribution in [3.63, 3.8) is 0 Å². The van der Waals surface area contributed by atoms with E-state index in [9.17, 15) is 14.7 Å². The summed E-state index contributed by atoms with van der Waals surface area (Å²) in [6.45, 7) is 0. The molecule has 3 rings (SSSR count). The van der Waals surface area contributed by atoms with Gasteiger partial charge in [0, 0.05) is 0 Å². The van der Waals surface area contributed by atoms with Crippen LogP contribution in [-0.4, -0.2) is 31.1 Å². The number of hydrogen-bond donors (Lipinski definition) is 1. The molecule has 2 amide bonds. The summed E-state index contributed by atoms with van der Waals surface area (Å²) in [6.07, 6.45) is 0. The number of nitrogens with zero attached hydrogens (tertiary/aromatic N) is 1. The van der Waals surface area contributed by atoms with Gasteiger partial charge in [-0.15, -0.1) is 0 Å². The van der Waals surface area contributed by atoms with Crippen molar-refractivity contribution < 1.29 is 24.2 Å². The number of amides is 2. The number of imide groups is 1. The van der Waals surface area contributed by atoms with Crippen molar-refractivity contribution in [3.05, 3.63) is 59.9 Å². The molecule has 0 spiro atoms. The number of aliphatic hydroxyl groups is 1. The molecule has 0 saturated heterocycles. The molecule has 1 aliphatic rings. The topological polar surface area (TPSA) is 76.1 Å². The van der Waals surface area contributed by atoms with E-state index in [0.29, 0.717) is 17.1 Å². The third-order valence-corrected chi connectivity index (χ3v) is 3.76. The molecule has 0 aromatic heterocycles. The number of benzene rings is 2. The summed E-state index contributed by atoms with van der Waals surface area (Å²) in [7, 11) is 2.97. The Labute approximate surface area is 138 Å². The maximum absolute atomic E-state index is 12.8. The van der Waals surface area contributed by atoms with Crippen LogP contribution in [-0.2, 0) is 9.59 Å². The van der Waals surface area contributed by atoms with Crippen LogP contribution in [0.1, 0.15) is 5.56 Å². The summed E-state index contributed by atoms with van der Waals surface area (Å²) >= 11 is 0. The second-order valence-corrected chi connectivity index (χ2v) is 5.07. The SMILES string of the molecule is COc1ccc(C2=C(O)C(=O)N(c3ccccc3OC)C2=O)cc1. The van der Waals surface area contributed by atoms with E-state index in [4.69, 9.17) is 9.47 Å². The molecule has 0 saturated carbocycles. The molecule has 0 fully saturated rings. The molecule has 0 unspecified atom stereocenters. The summed E-state index contributed by atoms with van der Waals surface area (Å²) in [5.41, 5.74) is 0.669. The average molecular weight is 325 g/mol. The monoisotopic (exact) mass is 325 g/mol. The van der Waals surface area contributed by atoms with Crippen molar-refractivity contribution in [2.75, 3.05) is 19.1 Å². The largest absolute Gasteiger partial charge is 0.502 e. The molecule has 0 bridgehead atoms. The minimum Gasteiger partial charge on any atom is -0.502 e. The number of para-hydroxylation sites is 2. The Bertz CT molecular complexity index is 839. The maximum Gasteiger partial charge on any atom is 0.301 e. The minimum absolute atomic E-state index is 0.0476. The van der Waals surface area contributed by atoms with Crippen LogP contribution < -0.4 is 14.4 Å². The van der Waals surface area contributed by atoms with Crippen molar-refractivity contribution in [1.82, 2.24) is 0 Å². The highest BCUT2D eigenvalue weighted by Gasteiger charge is 2.41.